The van der Waals surface area contributed by atoms with Gasteiger partial charge in [0.15, 0.2) is 0 Å². The highest BCUT2D eigenvalue weighted by molar-refractivity contribution is 7.99. The zero-order valence-corrected chi connectivity index (χ0v) is 9.41. The molecule has 0 radical (unpaired) electrons. The Labute approximate surface area is 91.8 Å². The second-order valence-electron chi connectivity index (χ2n) is 3.68. The van der Waals surface area contributed by atoms with E-state index in [0.29, 0.717) is 12.2 Å². The first-order valence-electron chi connectivity index (χ1n) is 4.72. The molecule has 1 nitrogen and oxygen atoms in total. The Balaban J connectivity index is 2.37. The van der Waals surface area contributed by atoms with E-state index in [-0.39, 0.29) is 5.25 Å². The van der Waals surface area contributed by atoms with E-state index in [2.05, 4.69) is 0 Å². The Kier molecular flexibility index (Phi) is 2.73. The van der Waals surface area contributed by atoms with E-state index in [1.807, 2.05) is 13.2 Å². The molecule has 0 saturated carbocycles. The molecule has 1 heterocycles. The molecule has 0 N–H and O–H groups in total. The van der Waals surface area contributed by atoms with Crippen molar-refractivity contribution in [2.24, 2.45) is 0 Å². The van der Waals surface area contributed by atoms with Gasteiger partial charge < -0.3 is 4.74 Å². The Hall–Kier alpha value is -0.610. The van der Waals surface area contributed by atoms with Crippen LogP contribution in [-0.2, 0) is 10.3 Å². The van der Waals surface area contributed by atoms with Gasteiger partial charge in [-0.25, -0.2) is 8.78 Å². The smallest absolute Gasteiger partial charge is 0.132 e. The topological polar surface area (TPSA) is 12.5 Å². The molecule has 2 rings (SSSR count). The van der Waals surface area contributed by atoms with Crippen LogP contribution in [0.15, 0.2) is 18.2 Å². The summed E-state index contributed by atoms with van der Waals surface area (Å²) in [6.45, 7) is 2.50. The molecule has 1 aromatic carbocycles. The third-order valence-corrected chi connectivity index (χ3v) is 3.94. The van der Waals surface area contributed by atoms with Gasteiger partial charge in [0.1, 0.15) is 17.2 Å². The van der Waals surface area contributed by atoms with Gasteiger partial charge in [-0.1, -0.05) is 13.0 Å². The lowest BCUT2D eigenvalue weighted by atomic mass is 9.96. The minimum atomic E-state index is -0.552. The molecule has 0 unspecified atom stereocenters. The van der Waals surface area contributed by atoms with Crippen LogP contribution in [-0.4, -0.2) is 18.1 Å². The van der Waals surface area contributed by atoms with Crippen LogP contribution in [0.5, 0.6) is 0 Å². The average Bonchev–Trinajstić information content (AvgIpc) is 2.97. The molecule has 0 spiro atoms. The van der Waals surface area contributed by atoms with Crippen LogP contribution in [0, 0.1) is 11.6 Å². The largest absolute Gasteiger partial charge is 0.363 e. The lowest BCUT2D eigenvalue weighted by Gasteiger charge is -2.19. The molecule has 0 aliphatic carbocycles. The minimum absolute atomic E-state index is 0.164. The Morgan fingerprint density at radius 1 is 1.47 bits per heavy atom. The van der Waals surface area contributed by atoms with Gasteiger partial charge in [-0.3, -0.25) is 0 Å². The first-order valence-corrected chi connectivity index (χ1v) is 6.01. The van der Waals surface area contributed by atoms with Crippen LogP contribution >= 0.6 is 11.8 Å². The maximum absolute atomic E-state index is 13.6. The van der Waals surface area contributed by atoms with Crippen molar-refractivity contribution in [2.45, 2.75) is 17.8 Å². The lowest BCUT2D eigenvalue weighted by Crippen LogP contribution is -2.23. The summed E-state index contributed by atoms with van der Waals surface area (Å²) in [5, 5.41) is 0.164. The van der Waals surface area contributed by atoms with Gasteiger partial charge in [0.2, 0.25) is 0 Å². The maximum atomic E-state index is 13.6. The quantitative estimate of drug-likeness (QED) is 0.740. The van der Waals surface area contributed by atoms with E-state index in [0.717, 1.165) is 6.07 Å². The van der Waals surface area contributed by atoms with Gasteiger partial charge >= 0.3 is 0 Å². The molecule has 1 fully saturated rings. The zero-order valence-electron chi connectivity index (χ0n) is 8.59. The first-order chi connectivity index (χ1) is 7.10. The van der Waals surface area contributed by atoms with Gasteiger partial charge in [0.05, 0.1) is 6.61 Å². The van der Waals surface area contributed by atoms with Crippen molar-refractivity contribution >= 4 is 11.8 Å². The van der Waals surface area contributed by atoms with Crippen molar-refractivity contribution in [3.63, 3.8) is 0 Å². The molecule has 0 amide bonds. The fourth-order valence-corrected chi connectivity index (χ4v) is 2.35. The van der Waals surface area contributed by atoms with Crippen LogP contribution in [0.1, 0.15) is 12.5 Å². The van der Waals surface area contributed by atoms with E-state index >= 15 is 0 Å². The van der Waals surface area contributed by atoms with Gasteiger partial charge in [0.25, 0.3) is 0 Å². The van der Waals surface area contributed by atoms with Crippen molar-refractivity contribution < 1.29 is 13.5 Å². The number of halogens is 2. The van der Waals surface area contributed by atoms with Gasteiger partial charge in [-0.05, 0) is 12.3 Å². The standard InChI is InChI=1S/C11H12F2OS/c1-7(15-2)11(6-14-11)9-4-3-8(12)5-10(9)13/h3-5,7H,6H2,1-2H3/t7-,11+/m0/s1. The van der Waals surface area contributed by atoms with E-state index in [4.69, 9.17) is 4.74 Å². The van der Waals surface area contributed by atoms with Crippen molar-refractivity contribution in [2.75, 3.05) is 12.9 Å². The number of hydrogen-bond donors (Lipinski definition) is 0. The molecule has 2 atom stereocenters. The molecule has 82 valence electrons. The molecule has 4 heteroatoms. The summed E-state index contributed by atoms with van der Waals surface area (Å²) in [6.07, 6.45) is 1.95. The predicted molar refractivity (Wildman–Crippen MR) is 57.0 cm³/mol. The van der Waals surface area contributed by atoms with Crippen molar-refractivity contribution in [3.05, 3.63) is 35.4 Å². The highest BCUT2D eigenvalue weighted by Crippen LogP contribution is 2.47. The molecule has 0 bridgehead atoms. The summed E-state index contributed by atoms with van der Waals surface area (Å²) >= 11 is 1.62. The van der Waals surface area contributed by atoms with Gasteiger partial charge in [0, 0.05) is 16.9 Å². The fraction of sp³-hybridized carbons (Fsp3) is 0.455. The van der Waals surface area contributed by atoms with E-state index in [1.165, 1.54) is 12.1 Å². The highest BCUT2D eigenvalue weighted by atomic mass is 32.2. The summed E-state index contributed by atoms with van der Waals surface area (Å²) in [4.78, 5) is 0. The molecule has 0 aromatic heterocycles. The first kappa shape index (κ1) is 10.9. The molecular weight excluding hydrogens is 218 g/mol. The van der Waals surface area contributed by atoms with Gasteiger partial charge in [-0.15, -0.1) is 0 Å². The molecule has 15 heavy (non-hydrogen) atoms. The third-order valence-electron chi connectivity index (χ3n) is 2.85. The summed E-state index contributed by atoms with van der Waals surface area (Å²) in [7, 11) is 0. The normalized spacial score (nSPS) is 26.4. The van der Waals surface area contributed by atoms with E-state index < -0.39 is 17.2 Å². The zero-order chi connectivity index (χ0) is 11.1. The Bertz CT molecular complexity index is 377. The SMILES string of the molecule is CS[C@@H](C)[C@@]1(c2ccc(F)cc2F)CO1. The van der Waals surface area contributed by atoms with Crippen LogP contribution in [0.4, 0.5) is 8.78 Å². The summed E-state index contributed by atoms with van der Waals surface area (Å²) < 4.78 is 31.7. The molecular formula is C11H12F2OS. The van der Waals surface area contributed by atoms with Gasteiger partial charge in [-0.2, -0.15) is 11.8 Å². The highest BCUT2D eigenvalue weighted by Gasteiger charge is 2.52. The predicted octanol–water partition coefficient (Wildman–Crippen LogP) is 2.94. The number of ether oxygens (including phenoxy) is 1. The number of epoxide rings is 1. The van der Waals surface area contributed by atoms with E-state index in [9.17, 15) is 8.78 Å². The van der Waals surface area contributed by atoms with E-state index in [1.54, 1.807) is 11.8 Å². The average molecular weight is 230 g/mol. The van der Waals surface area contributed by atoms with Crippen LogP contribution in [0.25, 0.3) is 0 Å². The second-order valence-corrected chi connectivity index (χ2v) is 4.86. The summed E-state index contributed by atoms with van der Waals surface area (Å²) in [5.41, 5.74) is -0.0808. The second kappa shape index (κ2) is 3.76. The number of rotatable bonds is 3. The van der Waals surface area contributed by atoms with Crippen LogP contribution in [0.3, 0.4) is 0 Å². The van der Waals surface area contributed by atoms with Crippen molar-refractivity contribution in [1.82, 2.24) is 0 Å². The Morgan fingerprint density at radius 2 is 2.13 bits per heavy atom. The molecule has 1 aliphatic rings. The minimum Gasteiger partial charge on any atom is -0.363 e. The van der Waals surface area contributed by atoms with Crippen molar-refractivity contribution in [1.29, 1.82) is 0 Å². The Morgan fingerprint density at radius 3 is 2.60 bits per heavy atom. The number of benzene rings is 1. The van der Waals surface area contributed by atoms with Crippen molar-refractivity contribution in [3.8, 4) is 0 Å². The molecule has 1 aliphatic heterocycles. The maximum Gasteiger partial charge on any atom is 0.132 e. The lowest BCUT2D eigenvalue weighted by molar-refractivity contribution is 0.299. The summed E-state index contributed by atoms with van der Waals surface area (Å²) in [5.74, 6) is -1.07. The molecule has 1 aromatic rings. The fourth-order valence-electron chi connectivity index (χ4n) is 1.71. The monoisotopic (exact) mass is 230 g/mol. The van der Waals surface area contributed by atoms with Crippen LogP contribution < -0.4 is 0 Å². The summed E-state index contributed by atoms with van der Waals surface area (Å²) in [6, 6.07) is 3.66. The van der Waals surface area contributed by atoms with Crippen LogP contribution in [0.2, 0.25) is 0 Å². The molecule has 1 saturated heterocycles. The number of hydrogen-bond acceptors (Lipinski definition) is 2. The third kappa shape index (κ3) is 1.76. The number of thioether (sulfide) groups is 1.